The highest BCUT2D eigenvalue weighted by Crippen LogP contribution is 2.39. The molecule has 164 valence electrons. The molecule has 0 unspecified atom stereocenters. The van der Waals surface area contributed by atoms with Gasteiger partial charge in [-0.1, -0.05) is 35.1 Å². The molecule has 2 aromatic heterocycles. The van der Waals surface area contributed by atoms with E-state index in [1.54, 1.807) is 61.8 Å². The van der Waals surface area contributed by atoms with Crippen LogP contribution >= 0.6 is 22.9 Å². The van der Waals surface area contributed by atoms with Gasteiger partial charge in [0, 0.05) is 18.5 Å². The van der Waals surface area contributed by atoms with Crippen molar-refractivity contribution in [1.82, 2.24) is 9.97 Å². The quantitative estimate of drug-likeness (QED) is 0.362. The Hall–Kier alpha value is -3.36. The topological polar surface area (TPSA) is 73.8 Å². The summed E-state index contributed by atoms with van der Waals surface area (Å²) >= 11 is 7.70. The molecule has 0 saturated carbocycles. The largest absolute Gasteiger partial charge is 0.497 e. The SMILES string of the molecule is COc1cccc(OCC(=O)N(Cc2cccnc2)c2nc3c(OC)ccc(Cl)c3s2)c1. The molecule has 0 spiro atoms. The van der Waals surface area contributed by atoms with Gasteiger partial charge in [0.1, 0.15) is 22.8 Å². The van der Waals surface area contributed by atoms with Crippen LogP contribution in [0, 0.1) is 0 Å². The van der Waals surface area contributed by atoms with Crippen LogP contribution in [0.15, 0.2) is 60.9 Å². The van der Waals surface area contributed by atoms with Gasteiger partial charge in [-0.05, 0) is 35.9 Å². The summed E-state index contributed by atoms with van der Waals surface area (Å²) in [5.74, 6) is 1.52. The van der Waals surface area contributed by atoms with E-state index in [1.807, 2.05) is 18.2 Å². The van der Waals surface area contributed by atoms with Gasteiger partial charge < -0.3 is 14.2 Å². The van der Waals surface area contributed by atoms with Crippen LogP contribution in [-0.2, 0) is 11.3 Å². The molecular formula is C23H20ClN3O4S. The van der Waals surface area contributed by atoms with Gasteiger partial charge in [0.05, 0.1) is 30.5 Å². The molecule has 0 bridgehead atoms. The molecule has 2 aromatic carbocycles. The standard InChI is InChI=1S/C23H20ClN3O4S/c1-29-16-6-3-7-17(11-16)31-14-20(28)27(13-15-5-4-10-25-12-15)23-26-21-19(30-2)9-8-18(24)22(21)32-23/h3-12H,13-14H2,1-2H3. The zero-order valence-corrected chi connectivity index (χ0v) is 19.0. The highest BCUT2D eigenvalue weighted by Gasteiger charge is 2.23. The van der Waals surface area contributed by atoms with Gasteiger partial charge >= 0.3 is 0 Å². The molecule has 32 heavy (non-hydrogen) atoms. The number of hydrogen-bond donors (Lipinski definition) is 0. The molecule has 1 amide bonds. The number of aromatic nitrogens is 2. The lowest BCUT2D eigenvalue weighted by atomic mass is 10.2. The third kappa shape index (κ3) is 4.76. The smallest absolute Gasteiger partial charge is 0.267 e. The van der Waals surface area contributed by atoms with Crippen LogP contribution < -0.4 is 19.1 Å². The maximum atomic E-state index is 13.2. The molecule has 0 radical (unpaired) electrons. The van der Waals surface area contributed by atoms with E-state index in [-0.39, 0.29) is 19.1 Å². The van der Waals surface area contributed by atoms with E-state index in [0.717, 1.165) is 10.3 Å². The Bertz CT molecular complexity index is 1230. The lowest BCUT2D eigenvalue weighted by molar-refractivity contribution is -0.120. The molecule has 9 heteroatoms. The number of carbonyl (C=O) groups is 1. The number of rotatable bonds is 8. The molecule has 0 N–H and O–H groups in total. The first-order chi connectivity index (χ1) is 15.6. The summed E-state index contributed by atoms with van der Waals surface area (Å²) < 4.78 is 17.1. The second-order valence-electron chi connectivity index (χ2n) is 6.73. The van der Waals surface area contributed by atoms with Crippen LogP contribution in [0.3, 0.4) is 0 Å². The first-order valence-corrected chi connectivity index (χ1v) is 10.9. The molecule has 7 nitrogen and oxygen atoms in total. The summed E-state index contributed by atoms with van der Waals surface area (Å²) in [5, 5.41) is 1.04. The molecule has 0 aliphatic rings. The average molecular weight is 470 g/mol. The number of anilines is 1. The summed E-state index contributed by atoms with van der Waals surface area (Å²) in [5.41, 5.74) is 1.47. The van der Waals surface area contributed by atoms with Crippen LogP contribution in [0.1, 0.15) is 5.56 Å². The molecular weight excluding hydrogens is 450 g/mol. The van der Waals surface area contributed by atoms with Crippen molar-refractivity contribution < 1.29 is 19.0 Å². The minimum absolute atomic E-state index is 0.172. The van der Waals surface area contributed by atoms with E-state index in [4.69, 9.17) is 25.8 Å². The van der Waals surface area contributed by atoms with Crippen LogP contribution in [0.25, 0.3) is 10.2 Å². The fraction of sp³-hybridized carbons (Fsp3) is 0.174. The van der Waals surface area contributed by atoms with Gasteiger partial charge in [-0.25, -0.2) is 4.98 Å². The summed E-state index contributed by atoms with van der Waals surface area (Å²) in [7, 11) is 3.15. The minimum Gasteiger partial charge on any atom is -0.497 e. The minimum atomic E-state index is -0.259. The first kappa shape index (κ1) is 21.9. The van der Waals surface area contributed by atoms with Crippen molar-refractivity contribution in [2.24, 2.45) is 0 Å². The van der Waals surface area contributed by atoms with Crippen LogP contribution in [0.4, 0.5) is 5.13 Å². The van der Waals surface area contributed by atoms with E-state index in [0.29, 0.717) is 32.9 Å². The Morgan fingerprint density at radius 3 is 2.69 bits per heavy atom. The van der Waals surface area contributed by atoms with Crippen molar-refractivity contribution >= 4 is 44.2 Å². The van der Waals surface area contributed by atoms with Crippen LogP contribution in [0.5, 0.6) is 17.2 Å². The number of ether oxygens (including phenoxy) is 3. The molecule has 0 saturated heterocycles. The molecule has 0 fully saturated rings. The number of hydrogen-bond acceptors (Lipinski definition) is 7. The van der Waals surface area contributed by atoms with Gasteiger partial charge in [0.2, 0.25) is 0 Å². The van der Waals surface area contributed by atoms with Crippen molar-refractivity contribution in [2.45, 2.75) is 6.54 Å². The van der Waals surface area contributed by atoms with E-state index in [1.165, 1.54) is 11.3 Å². The molecule has 0 atom stereocenters. The van der Waals surface area contributed by atoms with Crippen molar-refractivity contribution in [1.29, 1.82) is 0 Å². The fourth-order valence-corrected chi connectivity index (χ4v) is 4.34. The summed E-state index contributed by atoms with van der Waals surface area (Å²) in [6.45, 7) is 0.113. The zero-order chi connectivity index (χ0) is 22.5. The van der Waals surface area contributed by atoms with Gasteiger partial charge in [0.25, 0.3) is 5.91 Å². The number of nitrogens with zero attached hydrogens (tertiary/aromatic N) is 3. The van der Waals surface area contributed by atoms with Gasteiger partial charge in [-0.2, -0.15) is 0 Å². The van der Waals surface area contributed by atoms with Gasteiger partial charge in [-0.3, -0.25) is 14.7 Å². The Kier molecular flexibility index (Phi) is 6.72. The number of pyridine rings is 1. The van der Waals surface area contributed by atoms with Crippen molar-refractivity contribution in [3.8, 4) is 17.2 Å². The fourth-order valence-electron chi connectivity index (χ4n) is 3.07. The second-order valence-corrected chi connectivity index (χ2v) is 8.12. The molecule has 0 aliphatic heterocycles. The molecule has 2 heterocycles. The number of carbonyl (C=O) groups excluding carboxylic acids is 1. The zero-order valence-electron chi connectivity index (χ0n) is 17.4. The average Bonchev–Trinajstić information content (AvgIpc) is 3.28. The third-order valence-corrected chi connectivity index (χ3v) is 6.20. The summed E-state index contributed by atoms with van der Waals surface area (Å²) in [4.78, 5) is 23.6. The van der Waals surface area contributed by atoms with Crippen LogP contribution in [0.2, 0.25) is 5.02 Å². The van der Waals surface area contributed by atoms with Gasteiger partial charge in [0.15, 0.2) is 11.7 Å². The van der Waals surface area contributed by atoms with E-state index in [9.17, 15) is 4.79 Å². The third-order valence-electron chi connectivity index (χ3n) is 4.67. The maximum Gasteiger partial charge on any atom is 0.267 e. The number of fused-ring (bicyclic) bond motifs is 1. The van der Waals surface area contributed by atoms with Gasteiger partial charge in [-0.15, -0.1) is 0 Å². The van der Waals surface area contributed by atoms with E-state index < -0.39 is 0 Å². The van der Waals surface area contributed by atoms with Crippen molar-refractivity contribution in [3.63, 3.8) is 0 Å². The highest BCUT2D eigenvalue weighted by atomic mass is 35.5. The molecule has 4 aromatic rings. The monoisotopic (exact) mass is 469 g/mol. The van der Waals surface area contributed by atoms with Crippen molar-refractivity contribution in [3.05, 3.63) is 71.5 Å². The Morgan fingerprint density at radius 1 is 1.09 bits per heavy atom. The Morgan fingerprint density at radius 2 is 1.94 bits per heavy atom. The first-order valence-electron chi connectivity index (χ1n) is 9.68. The van der Waals surface area contributed by atoms with E-state index >= 15 is 0 Å². The second kappa shape index (κ2) is 9.84. The number of amides is 1. The highest BCUT2D eigenvalue weighted by molar-refractivity contribution is 7.23. The van der Waals surface area contributed by atoms with Crippen molar-refractivity contribution in [2.75, 3.05) is 25.7 Å². The number of halogens is 1. The Labute approximate surface area is 194 Å². The number of methoxy groups -OCH3 is 2. The van der Waals surface area contributed by atoms with Crippen LogP contribution in [-0.4, -0.2) is 36.7 Å². The summed E-state index contributed by atoms with van der Waals surface area (Å²) in [6.07, 6.45) is 3.40. The molecule has 4 rings (SSSR count). The Balaban J connectivity index is 1.65. The molecule has 0 aliphatic carbocycles. The maximum absolute atomic E-state index is 13.2. The van der Waals surface area contributed by atoms with E-state index in [2.05, 4.69) is 9.97 Å². The lowest BCUT2D eigenvalue weighted by Crippen LogP contribution is -2.34. The number of benzene rings is 2. The predicted molar refractivity (Wildman–Crippen MR) is 125 cm³/mol. The lowest BCUT2D eigenvalue weighted by Gasteiger charge is -2.20. The number of thiazole rings is 1. The predicted octanol–water partition coefficient (Wildman–Crippen LogP) is 4.97. The summed E-state index contributed by atoms with van der Waals surface area (Å²) in [6, 6.07) is 14.3. The normalized spacial score (nSPS) is 10.7.